The molecule has 0 fully saturated rings. The number of aldehydes is 1. The Balaban J connectivity index is 3.02. The van der Waals surface area contributed by atoms with Crippen molar-refractivity contribution in [2.45, 2.75) is 18.6 Å². The van der Waals surface area contributed by atoms with Crippen molar-refractivity contribution in [2.24, 2.45) is 5.73 Å². The van der Waals surface area contributed by atoms with Crippen molar-refractivity contribution < 1.29 is 18.0 Å². The number of nitrogens with two attached hydrogens (primary N) is 1. The molecular formula is C10H10F3NO. The molecule has 1 rings (SSSR count). The maximum atomic E-state index is 12.5. The Bertz CT molecular complexity index is 349. The molecule has 0 radical (unpaired) electrons. The topological polar surface area (TPSA) is 43.1 Å². The third kappa shape index (κ3) is 3.06. The van der Waals surface area contributed by atoms with Crippen molar-refractivity contribution in [3.63, 3.8) is 0 Å². The number of carbonyl (C=O) groups is 1. The number of halogens is 3. The van der Waals surface area contributed by atoms with Gasteiger partial charge in [-0.05, 0) is 18.1 Å². The molecule has 2 nitrogen and oxygen atoms in total. The zero-order valence-corrected chi connectivity index (χ0v) is 7.79. The monoisotopic (exact) mass is 217 g/mol. The van der Waals surface area contributed by atoms with E-state index < -0.39 is 17.8 Å². The van der Waals surface area contributed by atoms with Crippen LogP contribution in [0.25, 0.3) is 0 Å². The van der Waals surface area contributed by atoms with Crippen LogP contribution < -0.4 is 5.73 Å². The van der Waals surface area contributed by atoms with Gasteiger partial charge in [0.1, 0.15) is 6.29 Å². The summed E-state index contributed by atoms with van der Waals surface area (Å²) in [6, 6.07) is 4.20. The van der Waals surface area contributed by atoms with Gasteiger partial charge in [-0.3, -0.25) is 0 Å². The molecule has 0 amide bonds. The lowest BCUT2D eigenvalue weighted by Crippen LogP contribution is -2.25. The standard InChI is InChI=1S/C10H10F3NO/c11-10(12,13)9-4-2-1-3-7(9)5-8(14)6-15/h1-4,6,8H,5,14H2/t8-/m1/s1. The summed E-state index contributed by atoms with van der Waals surface area (Å²) in [6.45, 7) is 0. The molecule has 0 bridgehead atoms. The third-order valence-corrected chi connectivity index (χ3v) is 1.95. The highest BCUT2D eigenvalue weighted by Crippen LogP contribution is 2.32. The fourth-order valence-electron chi connectivity index (χ4n) is 1.28. The smallest absolute Gasteiger partial charge is 0.321 e. The van der Waals surface area contributed by atoms with Crippen molar-refractivity contribution in [2.75, 3.05) is 0 Å². The van der Waals surface area contributed by atoms with E-state index >= 15 is 0 Å². The fraction of sp³-hybridized carbons (Fsp3) is 0.300. The minimum Gasteiger partial charge on any atom is -0.321 e. The molecule has 0 aliphatic carbocycles. The molecule has 0 spiro atoms. The summed E-state index contributed by atoms with van der Waals surface area (Å²) in [4.78, 5) is 10.3. The summed E-state index contributed by atoms with van der Waals surface area (Å²) in [5.74, 6) is 0. The van der Waals surface area contributed by atoms with Crippen LogP contribution in [0.3, 0.4) is 0 Å². The number of alkyl halides is 3. The van der Waals surface area contributed by atoms with Gasteiger partial charge in [-0.2, -0.15) is 13.2 Å². The quantitative estimate of drug-likeness (QED) is 0.784. The van der Waals surface area contributed by atoms with E-state index in [0.29, 0.717) is 6.29 Å². The second-order valence-electron chi connectivity index (χ2n) is 3.16. The number of hydrogen-bond donors (Lipinski definition) is 1. The molecule has 2 N–H and O–H groups in total. The molecule has 0 aliphatic rings. The van der Waals surface area contributed by atoms with Crippen molar-refractivity contribution in [1.82, 2.24) is 0 Å². The molecule has 1 aromatic rings. The number of carbonyl (C=O) groups excluding carboxylic acids is 1. The van der Waals surface area contributed by atoms with Gasteiger partial charge in [0.25, 0.3) is 0 Å². The Hall–Kier alpha value is -1.36. The van der Waals surface area contributed by atoms with Crippen LogP contribution in [0.15, 0.2) is 24.3 Å². The molecule has 0 unspecified atom stereocenters. The van der Waals surface area contributed by atoms with E-state index in [1.54, 1.807) is 0 Å². The Kier molecular flexibility index (Phi) is 3.47. The van der Waals surface area contributed by atoms with E-state index in [0.717, 1.165) is 6.07 Å². The minimum absolute atomic E-state index is 0.0459. The summed E-state index contributed by atoms with van der Waals surface area (Å²) in [7, 11) is 0. The fourth-order valence-corrected chi connectivity index (χ4v) is 1.28. The molecule has 0 saturated carbocycles. The third-order valence-electron chi connectivity index (χ3n) is 1.95. The van der Waals surface area contributed by atoms with Gasteiger partial charge in [0.15, 0.2) is 0 Å². The first-order chi connectivity index (χ1) is 6.95. The molecule has 0 saturated heterocycles. The van der Waals surface area contributed by atoms with Gasteiger partial charge in [-0.25, -0.2) is 0 Å². The second kappa shape index (κ2) is 4.44. The molecule has 82 valence electrons. The lowest BCUT2D eigenvalue weighted by atomic mass is 10.0. The average Bonchev–Trinajstić information content (AvgIpc) is 2.17. The van der Waals surface area contributed by atoms with Gasteiger partial charge in [-0.1, -0.05) is 18.2 Å². The molecule has 0 aliphatic heterocycles. The highest BCUT2D eigenvalue weighted by molar-refractivity contribution is 5.58. The van der Waals surface area contributed by atoms with Gasteiger partial charge in [0.2, 0.25) is 0 Å². The second-order valence-corrected chi connectivity index (χ2v) is 3.16. The van der Waals surface area contributed by atoms with Crippen molar-refractivity contribution in [3.8, 4) is 0 Å². The molecule has 1 aromatic carbocycles. The first-order valence-electron chi connectivity index (χ1n) is 4.31. The first-order valence-corrected chi connectivity index (χ1v) is 4.31. The lowest BCUT2D eigenvalue weighted by molar-refractivity contribution is -0.138. The van der Waals surface area contributed by atoms with Crippen LogP contribution in [-0.2, 0) is 17.4 Å². The average molecular weight is 217 g/mol. The van der Waals surface area contributed by atoms with Crippen LogP contribution in [-0.4, -0.2) is 12.3 Å². The Morgan fingerprint density at radius 1 is 1.33 bits per heavy atom. The molecule has 0 aromatic heterocycles. The van der Waals surface area contributed by atoms with E-state index in [9.17, 15) is 18.0 Å². The highest BCUT2D eigenvalue weighted by atomic mass is 19.4. The van der Waals surface area contributed by atoms with Crippen LogP contribution in [0.5, 0.6) is 0 Å². The number of benzene rings is 1. The number of rotatable bonds is 3. The van der Waals surface area contributed by atoms with Crippen LogP contribution >= 0.6 is 0 Å². The Labute approximate surface area is 84.9 Å². The molecule has 1 atom stereocenters. The highest BCUT2D eigenvalue weighted by Gasteiger charge is 2.32. The number of hydrogen-bond acceptors (Lipinski definition) is 2. The summed E-state index contributed by atoms with van der Waals surface area (Å²) in [6.07, 6.45) is -4.06. The van der Waals surface area contributed by atoms with E-state index in [-0.39, 0.29) is 12.0 Å². The lowest BCUT2D eigenvalue weighted by Gasteiger charge is -2.13. The van der Waals surface area contributed by atoms with Gasteiger partial charge < -0.3 is 10.5 Å². The SMILES string of the molecule is N[C@@H](C=O)Cc1ccccc1C(F)(F)F. The zero-order valence-electron chi connectivity index (χ0n) is 7.79. The Morgan fingerprint density at radius 3 is 2.47 bits per heavy atom. The van der Waals surface area contributed by atoms with Crippen molar-refractivity contribution in [3.05, 3.63) is 35.4 Å². The van der Waals surface area contributed by atoms with Gasteiger partial charge in [0, 0.05) is 0 Å². The summed E-state index contributed by atoms with van der Waals surface area (Å²) in [5.41, 5.74) is 4.59. The molecule has 0 heterocycles. The summed E-state index contributed by atoms with van der Waals surface area (Å²) < 4.78 is 37.4. The molecular weight excluding hydrogens is 207 g/mol. The Morgan fingerprint density at radius 2 is 1.93 bits per heavy atom. The molecule has 5 heteroatoms. The maximum Gasteiger partial charge on any atom is 0.416 e. The van der Waals surface area contributed by atoms with Crippen LogP contribution in [0.4, 0.5) is 13.2 Å². The zero-order chi connectivity index (χ0) is 11.5. The van der Waals surface area contributed by atoms with E-state index in [1.807, 2.05) is 0 Å². The van der Waals surface area contributed by atoms with Gasteiger partial charge >= 0.3 is 6.18 Å². The minimum atomic E-state index is -4.40. The van der Waals surface area contributed by atoms with Crippen LogP contribution in [0.2, 0.25) is 0 Å². The predicted octanol–water partition coefficient (Wildman–Crippen LogP) is 1.77. The normalized spacial score (nSPS) is 13.6. The van der Waals surface area contributed by atoms with Gasteiger partial charge in [0.05, 0.1) is 11.6 Å². The van der Waals surface area contributed by atoms with Crippen molar-refractivity contribution in [1.29, 1.82) is 0 Å². The van der Waals surface area contributed by atoms with E-state index in [2.05, 4.69) is 0 Å². The van der Waals surface area contributed by atoms with E-state index in [1.165, 1.54) is 18.2 Å². The van der Waals surface area contributed by atoms with Crippen LogP contribution in [0.1, 0.15) is 11.1 Å². The van der Waals surface area contributed by atoms with Gasteiger partial charge in [-0.15, -0.1) is 0 Å². The van der Waals surface area contributed by atoms with Crippen LogP contribution in [0, 0.1) is 0 Å². The molecule has 15 heavy (non-hydrogen) atoms. The van der Waals surface area contributed by atoms with Crippen molar-refractivity contribution >= 4 is 6.29 Å². The van der Waals surface area contributed by atoms with E-state index in [4.69, 9.17) is 5.73 Å². The predicted molar refractivity (Wildman–Crippen MR) is 49.2 cm³/mol. The summed E-state index contributed by atoms with van der Waals surface area (Å²) in [5, 5.41) is 0. The largest absolute Gasteiger partial charge is 0.416 e. The first kappa shape index (κ1) is 11.7. The maximum absolute atomic E-state index is 12.5. The summed E-state index contributed by atoms with van der Waals surface area (Å²) >= 11 is 0.